The first kappa shape index (κ1) is 11.6. The lowest BCUT2D eigenvalue weighted by atomic mass is 10.2. The molecule has 1 nitrogen and oxygen atoms in total. The van der Waals surface area contributed by atoms with Gasteiger partial charge in [-0.25, -0.2) is 4.39 Å². The molecule has 0 aliphatic carbocycles. The molecule has 0 aliphatic heterocycles. The van der Waals surface area contributed by atoms with Crippen molar-refractivity contribution in [3.8, 4) is 0 Å². The van der Waals surface area contributed by atoms with Gasteiger partial charge >= 0.3 is 0 Å². The van der Waals surface area contributed by atoms with E-state index in [0.717, 1.165) is 18.5 Å². The van der Waals surface area contributed by atoms with Gasteiger partial charge in [0, 0.05) is 6.54 Å². The normalized spacial score (nSPS) is 15.3. The van der Waals surface area contributed by atoms with Crippen LogP contribution in [0, 0.1) is 5.92 Å². The van der Waals surface area contributed by atoms with E-state index < -0.39 is 6.30 Å². The second-order valence-electron chi connectivity index (χ2n) is 3.52. The Balaban J connectivity index is 3.71. The van der Waals surface area contributed by atoms with Gasteiger partial charge in [-0.2, -0.15) is 0 Å². The van der Waals surface area contributed by atoms with Crippen LogP contribution in [0.3, 0.4) is 0 Å². The van der Waals surface area contributed by atoms with Crippen LogP contribution < -0.4 is 5.32 Å². The molecule has 0 aromatic heterocycles. The smallest absolute Gasteiger partial charge is 0.172 e. The molecule has 0 fully saturated rings. The van der Waals surface area contributed by atoms with Crippen molar-refractivity contribution in [2.75, 3.05) is 6.54 Å². The van der Waals surface area contributed by atoms with Crippen molar-refractivity contribution in [1.29, 1.82) is 0 Å². The van der Waals surface area contributed by atoms with Crippen LogP contribution in [0.2, 0.25) is 0 Å². The van der Waals surface area contributed by atoms with E-state index in [1.807, 2.05) is 19.9 Å². The van der Waals surface area contributed by atoms with Gasteiger partial charge in [0.1, 0.15) is 0 Å². The maximum absolute atomic E-state index is 13.2. The van der Waals surface area contributed by atoms with Gasteiger partial charge in [-0.15, -0.1) is 0 Å². The quantitative estimate of drug-likeness (QED) is 0.498. The van der Waals surface area contributed by atoms with Crippen LogP contribution in [0.25, 0.3) is 0 Å². The maximum atomic E-state index is 13.2. The first-order valence-corrected chi connectivity index (χ1v) is 4.62. The Bertz CT molecular complexity index is 141. The third-order valence-corrected chi connectivity index (χ3v) is 1.63. The lowest BCUT2D eigenvalue weighted by Gasteiger charge is -2.12. The molecule has 1 unspecified atom stereocenters. The monoisotopic (exact) mass is 173 g/mol. The average Bonchev–Trinajstić information content (AvgIpc) is 2.00. The molecule has 0 heterocycles. The first-order valence-electron chi connectivity index (χ1n) is 4.62. The maximum Gasteiger partial charge on any atom is 0.172 e. The Morgan fingerprint density at radius 1 is 1.50 bits per heavy atom. The molecule has 1 atom stereocenters. The Morgan fingerprint density at radius 3 is 2.50 bits per heavy atom. The van der Waals surface area contributed by atoms with E-state index in [-0.39, 0.29) is 0 Å². The van der Waals surface area contributed by atoms with Gasteiger partial charge in [0.25, 0.3) is 0 Å². The molecular formula is C10H20FN. The SMILES string of the molecule is CC/C=C(/C)C(F)NCC(C)C. The van der Waals surface area contributed by atoms with E-state index in [1.54, 1.807) is 0 Å². The summed E-state index contributed by atoms with van der Waals surface area (Å²) in [6.07, 6.45) is 1.85. The van der Waals surface area contributed by atoms with Crippen molar-refractivity contribution in [3.63, 3.8) is 0 Å². The molecule has 0 aromatic rings. The van der Waals surface area contributed by atoms with E-state index >= 15 is 0 Å². The topological polar surface area (TPSA) is 12.0 Å². The summed E-state index contributed by atoms with van der Waals surface area (Å²) >= 11 is 0. The van der Waals surface area contributed by atoms with Crippen molar-refractivity contribution in [2.45, 2.75) is 40.4 Å². The van der Waals surface area contributed by atoms with Crippen LogP contribution in [0.4, 0.5) is 4.39 Å². The highest BCUT2D eigenvalue weighted by molar-refractivity contribution is 5.02. The summed E-state index contributed by atoms with van der Waals surface area (Å²) in [6, 6.07) is 0. The van der Waals surface area contributed by atoms with Crippen LogP contribution >= 0.6 is 0 Å². The zero-order valence-corrected chi connectivity index (χ0v) is 8.52. The Labute approximate surface area is 75.0 Å². The zero-order valence-electron chi connectivity index (χ0n) is 8.52. The van der Waals surface area contributed by atoms with E-state index in [9.17, 15) is 4.39 Å². The molecule has 72 valence electrons. The van der Waals surface area contributed by atoms with Crippen molar-refractivity contribution < 1.29 is 4.39 Å². The van der Waals surface area contributed by atoms with Gasteiger partial charge in [-0.3, -0.25) is 5.32 Å². The second-order valence-corrected chi connectivity index (χ2v) is 3.52. The third-order valence-electron chi connectivity index (χ3n) is 1.63. The summed E-state index contributed by atoms with van der Waals surface area (Å²) in [7, 11) is 0. The summed E-state index contributed by atoms with van der Waals surface area (Å²) in [5, 5.41) is 2.83. The fourth-order valence-electron chi connectivity index (χ4n) is 0.926. The molecule has 2 heteroatoms. The number of rotatable bonds is 5. The third kappa shape index (κ3) is 5.30. The minimum absolute atomic E-state index is 0.498. The van der Waals surface area contributed by atoms with Crippen LogP contribution in [0.5, 0.6) is 0 Å². The Hall–Kier alpha value is -0.370. The van der Waals surface area contributed by atoms with Gasteiger partial charge in [-0.1, -0.05) is 26.8 Å². The van der Waals surface area contributed by atoms with Gasteiger partial charge < -0.3 is 0 Å². The molecule has 12 heavy (non-hydrogen) atoms. The number of alkyl halides is 1. The molecule has 0 saturated heterocycles. The number of allylic oxidation sites excluding steroid dienone is 1. The lowest BCUT2D eigenvalue weighted by Crippen LogP contribution is -2.29. The highest BCUT2D eigenvalue weighted by atomic mass is 19.1. The number of hydrogen-bond donors (Lipinski definition) is 1. The van der Waals surface area contributed by atoms with Crippen molar-refractivity contribution in [1.82, 2.24) is 5.32 Å². The molecule has 0 amide bonds. The molecule has 1 N–H and O–H groups in total. The summed E-state index contributed by atoms with van der Waals surface area (Å²) in [6.45, 7) is 8.70. The predicted molar refractivity (Wildman–Crippen MR) is 51.8 cm³/mol. The summed E-state index contributed by atoms with van der Waals surface area (Å²) < 4.78 is 13.2. The van der Waals surface area contributed by atoms with Gasteiger partial charge in [0.05, 0.1) is 0 Å². The molecule has 0 aliphatic rings. The fraction of sp³-hybridized carbons (Fsp3) is 0.800. The summed E-state index contributed by atoms with van der Waals surface area (Å²) in [4.78, 5) is 0. The molecule has 0 bridgehead atoms. The van der Waals surface area contributed by atoms with Crippen molar-refractivity contribution in [3.05, 3.63) is 11.6 Å². The standard InChI is InChI=1S/C10H20FN/c1-5-6-9(4)10(11)12-7-8(2)3/h6,8,10,12H,5,7H2,1-4H3/b9-6-. The summed E-state index contributed by atoms with van der Waals surface area (Å²) in [5.41, 5.74) is 0.790. The van der Waals surface area contributed by atoms with Crippen molar-refractivity contribution >= 4 is 0 Å². The Morgan fingerprint density at radius 2 is 2.08 bits per heavy atom. The number of nitrogens with one attached hydrogen (secondary N) is 1. The minimum atomic E-state index is -0.965. The molecule has 0 radical (unpaired) electrons. The van der Waals surface area contributed by atoms with E-state index in [0.29, 0.717) is 5.92 Å². The van der Waals surface area contributed by atoms with Crippen molar-refractivity contribution in [2.24, 2.45) is 5.92 Å². The molecule has 0 rings (SSSR count). The van der Waals surface area contributed by atoms with E-state index in [2.05, 4.69) is 19.2 Å². The van der Waals surface area contributed by atoms with Crippen LogP contribution in [0.15, 0.2) is 11.6 Å². The average molecular weight is 173 g/mol. The predicted octanol–water partition coefficient (Wildman–Crippen LogP) is 2.88. The molecule has 0 aromatic carbocycles. The van der Waals surface area contributed by atoms with Crippen LogP contribution in [0.1, 0.15) is 34.1 Å². The van der Waals surface area contributed by atoms with E-state index in [4.69, 9.17) is 0 Å². The van der Waals surface area contributed by atoms with E-state index in [1.165, 1.54) is 0 Å². The second kappa shape index (κ2) is 6.18. The van der Waals surface area contributed by atoms with Crippen LogP contribution in [-0.4, -0.2) is 12.8 Å². The van der Waals surface area contributed by atoms with Gasteiger partial charge in [0.2, 0.25) is 0 Å². The van der Waals surface area contributed by atoms with Crippen LogP contribution in [-0.2, 0) is 0 Å². The largest absolute Gasteiger partial charge is 0.284 e. The molecule has 0 saturated carbocycles. The molecule has 0 spiro atoms. The highest BCUT2D eigenvalue weighted by Gasteiger charge is 2.06. The zero-order chi connectivity index (χ0) is 9.56. The fourth-order valence-corrected chi connectivity index (χ4v) is 0.926. The Kier molecular flexibility index (Phi) is 5.99. The minimum Gasteiger partial charge on any atom is -0.284 e. The van der Waals surface area contributed by atoms with Gasteiger partial charge in [0.15, 0.2) is 6.30 Å². The highest BCUT2D eigenvalue weighted by Crippen LogP contribution is 2.04. The summed E-state index contributed by atoms with van der Waals surface area (Å²) in [5.74, 6) is 0.498. The molecular weight excluding hydrogens is 153 g/mol. The lowest BCUT2D eigenvalue weighted by molar-refractivity contribution is 0.304. The van der Waals surface area contributed by atoms with Gasteiger partial charge in [-0.05, 0) is 24.8 Å². The first-order chi connectivity index (χ1) is 5.57. The number of hydrogen-bond acceptors (Lipinski definition) is 1. The number of halogens is 1.